The van der Waals surface area contributed by atoms with Gasteiger partial charge in [0.05, 0.1) is 5.69 Å². The van der Waals surface area contributed by atoms with Crippen LogP contribution in [0.15, 0.2) is 42.5 Å². The maximum atomic E-state index is 14.0. The predicted molar refractivity (Wildman–Crippen MR) is 77.7 cm³/mol. The Kier molecular flexibility index (Phi) is 4.69. The minimum atomic E-state index is -0.286. The number of nitrogens with zero attached hydrogens (tertiary/aromatic N) is 1. The molecule has 0 saturated carbocycles. The van der Waals surface area contributed by atoms with Crippen LogP contribution in [0.5, 0.6) is 0 Å². The second-order valence-corrected chi connectivity index (χ2v) is 4.77. The normalized spacial score (nSPS) is 10.6. The number of halogens is 2. The van der Waals surface area contributed by atoms with E-state index in [9.17, 15) is 8.78 Å². The molecule has 0 aliphatic heterocycles. The van der Waals surface area contributed by atoms with Gasteiger partial charge in [0.15, 0.2) is 0 Å². The van der Waals surface area contributed by atoms with Gasteiger partial charge in [-0.1, -0.05) is 24.3 Å². The van der Waals surface area contributed by atoms with Crippen molar-refractivity contribution < 1.29 is 8.78 Å². The number of nitrogens with two attached hydrogens (primary N) is 1. The Morgan fingerprint density at radius 1 is 1.10 bits per heavy atom. The smallest absolute Gasteiger partial charge is 0.146 e. The lowest BCUT2D eigenvalue weighted by Gasteiger charge is -2.23. The van der Waals surface area contributed by atoms with E-state index in [-0.39, 0.29) is 11.6 Å². The molecule has 0 heterocycles. The lowest BCUT2D eigenvalue weighted by molar-refractivity contribution is 0.617. The Hall–Kier alpha value is -1.94. The van der Waals surface area contributed by atoms with Gasteiger partial charge in [-0.2, -0.15) is 0 Å². The number of hydrogen-bond donors (Lipinski definition) is 1. The fraction of sp³-hybridized carbons (Fsp3) is 0.250. The van der Waals surface area contributed by atoms with Crippen molar-refractivity contribution in [2.24, 2.45) is 5.73 Å². The summed E-state index contributed by atoms with van der Waals surface area (Å²) >= 11 is 0. The van der Waals surface area contributed by atoms with Crippen molar-refractivity contribution in [1.29, 1.82) is 0 Å². The van der Waals surface area contributed by atoms with Crippen LogP contribution in [0, 0.1) is 11.6 Å². The highest BCUT2D eigenvalue weighted by Crippen LogP contribution is 2.25. The molecule has 0 aliphatic rings. The van der Waals surface area contributed by atoms with E-state index >= 15 is 0 Å². The topological polar surface area (TPSA) is 29.3 Å². The summed E-state index contributed by atoms with van der Waals surface area (Å²) in [7, 11) is 1.79. The lowest BCUT2D eigenvalue weighted by Crippen LogP contribution is -2.20. The molecule has 0 spiro atoms. The van der Waals surface area contributed by atoms with Gasteiger partial charge in [-0.25, -0.2) is 8.78 Å². The summed E-state index contributed by atoms with van der Waals surface area (Å²) in [6.45, 7) is 0.903. The molecular formula is C16H18F2N2. The van der Waals surface area contributed by atoms with E-state index in [2.05, 4.69) is 0 Å². The first kappa shape index (κ1) is 14.5. The third-order valence-corrected chi connectivity index (χ3v) is 3.17. The number of anilines is 1. The van der Waals surface area contributed by atoms with Gasteiger partial charge in [0.2, 0.25) is 0 Å². The van der Waals surface area contributed by atoms with Crippen molar-refractivity contribution in [3.8, 4) is 0 Å². The van der Waals surface area contributed by atoms with Crippen LogP contribution in [0.1, 0.15) is 11.1 Å². The number of rotatable bonds is 5. The van der Waals surface area contributed by atoms with E-state index in [1.807, 2.05) is 12.1 Å². The quantitative estimate of drug-likeness (QED) is 0.909. The summed E-state index contributed by atoms with van der Waals surface area (Å²) < 4.78 is 27.2. The summed E-state index contributed by atoms with van der Waals surface area (Å²) in [4.78, 5) is 1.79. The molecule has 0 unspecified atom stereocenters. The van der Waals surface area contributed by atoms with Crippen LogP contribution in [0.3, 0.4) is 0 Å². The molecule has 0 aromatic heterocycles. The standard InChI is InChI=1S/C16H18F2N2/c1-20(11-12-4-2-6-14(17)10-12)16-13(8-9-19)5-3-7-15(16)18/h2-7,10H,8-9,11,19H2,1H3. The van der Waals surface area contributed by atoms with Gasteiger partial charge in [0, 0.05) is 13.6 Å². The summed E-state index contributed by atoms with van der Waals surface area (Å²) in [6.07, 6.45) is 0.612. The minimum absolute atomic E-state index is 0.283. The molecule has 0 atom stereocenters. The molecule has 0 amide bonds. The Balaban J connectivity index is 2.26. The minimum Gasteiger partial charge on any atom is -0.368 e. The molecule has 2 N–H and O–H groups in total. The second-order valence-electron chi connectivity index (χ2n) is 4.77. The van der Waals surface area contributed by atoms with Crippen molar-refractivity contribution in [2.45, 2.75) is 13.0 Å². The molecule has 2 rings (SSSR count). The van der Waals surface area contributed by atoms with Crippen LogP contribution in [-0.2, 0) is 13.0 Å². The van der Waals surface area contributed by atoms with Crippen molar-refractivity contribution in [2.75, 3.05) is 18.5 Å². The molecule has 106 valence electrons. The van der Waals surface area contributed by atoms with Gasteiger partial charge >= 0.3 is 0 Å². The molecule has 0 fully saturated rings. The van der Waals surface area contributed by atoms with E-state index in [0.717, 1.165) is 11.1 Å². The third kappa shape index (κ3) is 3.33. The zero-order valence-corrected chi connectivity index (χ0v) is 11.4. The summed E-state index contributed by atoms with van der Waals surface area (Å²) in [5, 5.41) is 0. The second kappa shape index (κ2) is 6.48. The van der Waals surface area contributed by atoms with Crippen LogP contribution in [0.2, 0.25) is 0 Å². The average Bonchev–Trinajstić information content (AvgIpc) is 2.39. The molecule has 0 bridgehead atoms. The van der Waals surface area contributed by atoms with Crippen LogP contribution in [-0.4, -0.2) is 13.6 Å². The van der Waals surface area contributed by atoms with Crippen molar-refractivity contribution in [3.63, 3.8) is 0 Å². The van der Waals surface area contributed by atoms with Crippen molar-refractivity contribution in [1.82, 2.24) is 0 Å². The van der Waals surface area contributed by atoms with Gasteiger partial charge in [-0.3, -0.25) is 0 Å². The van der Waals surface area contributed by atoms with Crippen LogP contribution < -0.4 is 10.6 Å². The molecule has 0 aliphatic carbocycles. The molecule has 2 aromatic carbocycles. The van der Waals surface area contributed by atoms with E-state index in [1.165, 1.54) is 18.2 Å². The molecule has 0 radical (unpaired) electrons. The molecular weight excluding hydrogens is 258 g/mol. The zero-order chi connectivity index (χ0) is 14.5. The summed E-state index contributed by atoms with van der Waals surface area (Å²) in [5.41, 5.74) is 7.76. The lowest BCUT2D eigenvalue weighted by atomic mass is 10.1. The van der Waals surface area contributed by atoms with E-state index < -0.39 is 0 Å². The van der Waals surface area contributed by atoms with Gasteiger partial charge < -0.3 is 10.6 Å². The monoisotopic (exact) mass is 276 g/mol. The average molecular weight is 276 g/mol. The fourth-order valence-electron chi connectivity index (χ4n) is 2.33. The Bertz CT molecular complexity index is 584. The third-order valence-electron chi connectivity index (χ3n) is 3.17. The molecule has 2 nitrogen and oxygen atoms in total. The molecule has 4 heteroatoms. The first-order valence-corrected chi connectivity index (χ1v) is 6.55. The molecule has 20 heavy (non-hydrogen) atoms. The zero-order valence-electron chi connectivity index (χ0n) is 11.4. The van der Waals surface area contributed by atoms with Gasteiger partial charge in [0.1, 0.15) is 11.6 Å². The number of benzene rings is 2. The highest BCUT2D eigenvalue weighted by molar-refractivity contribution is 5.54. The molecule has 2 aromatic rings. The predicted octanol–water partition coefficient (Wildman–Crippen LogP) is 3.10. The van der Waals surface area contributed by atoms with Crippen molar-refractivity contribution in [3.05, 3.63) is 65.2 Å². The number of para-hydroxylation sites is 1. The Labute approximate surface area is 117 Å². The SMILES string of the molecule is CN(Cc1cccc(F)c1)c1c(F)cccc1CCN. The molecule has 0 saturated heterocycles. The van der Waals surface area contributed by atoms with Gasteiger partial charge in [-0.05, 0) is 42.3 Å². The van der Waals surface area contributed by atoms with Gasteiger partial charge in [0.25, 0.3) is 0 Å². The summed E-state index contributed by atoms with van der Waals surface area (Å²) in [5.74, 6) is -0.568. The van der Waals surface area contributed by atoms with E-state index in [0.29, 0.717) is 25.2 Å². The number of hydrogen-bond acceptors (Lipinski definition) is 2. The highest BCUT2D eigenvalue weighted by atomic mass is 19.1. The van der Waals surface area contributed by atoms with E-state index in [1.54, 1.807) is 24.1 Å². The van der Waals surface area contributed by atoms with Gasteiger partial charge in [-0.15, -0.1) is 0 Å². The fourth-order valence-corrected chi connectivity index (χ4v) is 2.33. The van der Waals surface area contributed by atoms with Crippen LogP contribution >= 0.6 is 0 Å². The van der Waals surface area contributed by atoms with Crippen LogP contribution in [0.4, 0.5) is 14.5 Å². The largest absolute Gasteiger partial charge is 0.368 e. The highest BCUT2D eigenvalue weighted by Gasteiger charge is 2.13. The Morgan fingerprint density at radius 2 is 1.85 bits per heavy atom. The summed E-state index contributed by atoms with van der Waals surface area (Å²) in [6, 6.07) is 11.3. The first-order chi connectivity index (χ1) is 9.61. The van der Waals surface area contributed by atoms with E-state index in [4.69, 9.17) is 5.73 Å². The first-order valence-electron chi connectivity index (χ1n) is 6.55. The maximum absolute atomic E-state index is 14.0. The van der Waals surface area contributed by atoms with Crippen LogP contribution in [0.25, 0.3) is 0 Å². The maximum Gasteiger partial charge on any atom is 0.146 e. The Morgan fingerprint density at radius 3 is 2.55 bits per heavy atom. The van der Waals surface area contributed by atoms with Crippen molar-refractivity contribution >= 4 is 5.69 Å².